The zero-order valence-corrected chi connectivity index (χ0v) is 10.9. The summed E-state index contributed by atoms with van der Waals surface area (Å²) in [7, 11) is 0. The number of rotatable bonds is 4. The van der Waals surface area contributed by atoms with Crippen LogP contribution < -0.4 is 0 Å². The van der Waals surface area contributed by atoms with Crippen molar-refractivity contribution >= 4 is 22.8 Å². The lowest BCUT2D eigenvalue weighted by molar-refractivity contribution is -0.144. The average Bonchev–Trinajstić information content (AvgIpc) is 2.68. The van der Waals surface area contributed by atoms with Gasteiger partial charge in [-0.15, -0.1) is 0 Å². The van der Waals surface area contributed by atoms with Crippen LogP contribution in [0, 0.1) is 0 Å². The zero-order valence-electron chi connectivity index (χ0n) is 10.1. The number of fused-ring (bicyclic) bond motifs is 1. The Kier molecular flexibility index (Phi) is 4.23. The van der Waals surface area contributed by atoms with Crippen LogP contribution in [0.5, 0.6) is 0 Å². The summed E-state index contributed by atoms with van der Waals surface area (Å²) in [5, 5.41) is 1.17. The summed E-state index contributed by atoms with van der Waals surface area (Å²) in [6.07, 6.45) is 5.97. The van der Waals surface area contributed by atoms with E-state index in [0.29, 0.717) is 6.61 Å². The largest absolute Gasteiger partial charge is 0.463 e. The molecule has 94 valence electrons. The minimum absolute atomic E-state index is 0.0575. The van der Waals surface area contributed by atoms with Crippen molar-refractivity contribution in [2.24, 2.45) is 4.99 Å². The van der Waals surface area contributed by atoms with Crippen LogP contribution in [0.25, 0.3) is 0 Å². The summed E-state index contributed by atoms with van der Waals surface area (Å²) in [5.41, 5.74) is 0.0575. The van der Waals surface area contributed by atoms with E-state index in [1.807, 2.05) is 6.08 Å². The second kappa shape index (κ2) is 5.69. The summed E-state index contributed by atoms with van der Waals surface area (Å²) < 4.78 is 10.8. The van der Waals surface area contributed by atoms with E-state index in [1.54, 1.807) is 11.8 Å². The predicted molar refractivity (Wildman–Crippen MR) is 68.2 cm³/mol. The van der Waals surface area contributed by atoms with Crippen molar-refractivity contribution in [2.75, 3.05) is 6.61 Å². The first kappa shape index (κ1) is 12.6. The molecule has 2 aliphatic heterocycles. The molecular weight excluding hydrogens is 238 g/mol. The molecule has 3 atom stereocenters. The van der Waals surface area contributed by atoms with Gasteiger partial charge in [0.1, 0.15) is 24.2 Å². The SMILES string of the molecule is CCCC1=N[C@@H]2C=C[C@H](COC(C)=O)O[C@@H]2S1. The average molecular weight is 255 g/mol. The topological polar surface area (TPSA) is 47.9 Å². The van der Waals surface area contributed by atoms with E-state index in [9.17, 15) is 4.79 Å². The number of ether oxygens (including phenoxy) is 2. The molecule has 2 aliphatic rings. The fourth-order valence-electron chi connectivity index (χ4n) is 1.79. The molecule has 0 bridgehead atoms. The third-order valence-electron chi connectivity index (χ3n) is 2.57. The monoisotopic (exact) mass is 255 g/mol. The van der Waals surface area contributed by atoms with Gasteiger partial charge in [-0.25, -0.2) is 0 Å². The van der Waals surface area contributed by atoms with Gasteiger partial charge in [-0.2, -0.15) is 0 Å². The molecule has 2 heterocycles. The molecule has 0 unspecified atom stereocenters. The van der Waals surface area contributed by atoms with Crippen molar-refractivity contribution in [1.82, 2.24) is 0 Å². The molecule has 0 saturated heterocycles. The molecular formula is C12H17NO3S. The van der Waals surface area contributed by atoms with E-state index in [-0.39, 0.29) is 23.6 Å². The second-order valence-electron chi connectivity index (χ2n) is 4.11. The zero-order chi connectivity index (χ0) is 12.3. The fourth-order valence-corrected chi connectivity index (χ4v) is 3.05. The third kappa shape index (κ3) is 3.33. The number of hydrogen-bond donors (Lipinski definition) is 0. The molecule has 17 heavy (non-hydrogen) atoms. The van der Waals surface area contributed by atoms with E-state index in [4.69, 9.17) is 9.47 Å². The molecule has 4 nitrogen and oxygen atoms in total. The molecule has 0 aromatic heterocycles. The van der Waals surface area contributed by atoms with E-state index in [2.05, 4.69) is 18.0 Å². The van der Waals surface area contributed by atoms with Crippen molar-refractivity contribution in [2.45, 2.75) is 44.3 Å². The van der Waals surface area contributed by atoms with Crippen LogP contribution in [0.3, 0.4) is 0 Å². The molecule has 0 aromatic rings. The number of carbonyl (C=O) groups is 1. The lowest BCUT2D eigenvalue weighted by atomic mass is 10.2. The molecule has 0 aliphatic carbocycles. The van der Waals surface area contributed by atoms with E-state index in [0.717, 1.165) is 12.8 Å². The maximum Gasteiger partial charge on any atom is 0.302 e. The van der Waals surface area contributed by atoms with Gasteiger partial charge in [0.2, 0.25) is 0 Å². The number of hydrogen-bond acceptors (Lipinski definition) is 5. The second-order valence-corrected chi connectivity index (χ2v) is 5.28. The Labute approximate surface area is 105 Å². The van der Waals surface area contributed by atoms with E-state index in [1.165, 1.54) is 12.0 Å². The lowest BCUT2D eigenvalue weighted by Crippen LogP contribution is -2.32. The number of esters is 1. The highest BCUT2D eigenvalue weighted by molar-refractivity contribution is 8.14. The highest BCUT2D eigenvalue weighted by Gasteiger charge is 2.33. The van der Waals surface area contributed by atoms with Crippen LogP contribution >= 0.6 is 11.8 Å². The Morgan fingerprint density at radius 3 is 3.12 bits per heavy atom. The van der Waals surface area contributed by atoms with Gasteiger partial charge in [0.05, 0.1) is 5.04 Å². The molecule has 2 rings (SSSR count). The van der Waals surface area contributed by atoms with Gasteiger partial charge < -0.3 is 9.47 Å². The van der Waals surface area contributed by atoms with Gasteiger partial charge in [0.25, 0.3) is 0 Å². The number of aliphatic imine (C=N–C) groups is 1. The molecule has 0 amide bonds. The van der Waals surface area contributed by atoms with Crippen molar-refractivity contribution in [3.63, 3.8) is 0 Å². The van der Waals surface area contributed by atoms with Crippen molar-refractivity contribution in [1.29, 1.82) is 0 Å². The van der Waals surface area contributed by atoms with Crippen molar-refractivity contribution < 1.29 is 14.3 Å². The quantitative estimate of drug-likeness (QED) is 0.570. The van der Waals surface area contributed by atoms with E-state index >= 15 is 0 Å². The van der Waals surface area contributed by atoms with Crippen molar-refractivity contribution in [3.8, 4) is 0 Å². The normalized spacial score (nSPS) is 30.9. The first-order valence-corrected chi connectivity index (χ1v) is 6.77. The molecule has 0 fully saturated rings. The molecule has 0 aromatic carbocycles. The van der Waals surface area contributed by atoms with Gasteiger partial charge >= 0.3 is 5.97 Å². The first-order valence-electron chi connectivity index (χ1n) is 5.89. The summed E-state index contributed by atoms with van der Waals surface area (Å²) in [6.45, 7) is 3.84. The van der Waals surface area contributed by atoms with Crippen LogP contribution in [-0.4, -0.2) is 35.2 Å². The van der Waals surface area contributed by atoms with Gasteiger partial charge in [0, 0.05) is 6.92 Å². The maximum atomic E-state index is 10.7. The summed E-state index contributed by atoms with van der Waals surface area (Å²) in [5.74, 6) is -0.272. The van der Waals surface area contributed by atoms with Gasteiger partial charge in [0.15, 0.2) is 0 Å². The first-order chi connectivity index (χ1) is 8.19. The minimum Gasteiger partial charge on any atom is -0.463 e. The summed E-state index contributed by atoms with van der Waals surface area (Å²) in [4.78, 5) is 15.3. The summed E-state index contributed by atoms with van der Waals surface area (Å²) >= 11 is 1.69. The van der Waals surface area contributed by atoms with Crippen LogP contribution in [0.4, 0.5) is 0 Å². The van der Waals surface area contributed by atoms with Gasteiger partial charge in [-0.1, -0.05) is 37.3 Å². The van der Waals surface area contributed by atoms with Gasteiger partial charge in [-0.05, 0) is 6.42 Å². The Balaban J connectivity index is 1.86. The third-order valence-corrected chi connectivity index (χ3v) is 3.77. The van der Waals surface area contributed by atoms with Crippen LogP contribution in [-0.2, 0) is 14.3 Å². The van der Waals surface area contributed by atoms with Crippen LogP contribution in [0.15, 0.2) is 17.1 Å². The smallest absolute Gasteiger partial charge is 0.302 e. The Bertz CT molecular complexity index is 354. The number of carbonyl (C=O) groups excluding carboxylic acids is 1. The van der Waals surface area contributed by atoms with Gasteiger partial charge in [-0.3, -0.25) is 9.79 Å². The Morgan fingerprint density at radius 1 is 1.59 bits per heavy atom. The lowest BCUT2D eigenvalue weighted by Gasteiger charge is -2.25. The van der Waals surface area contributed by atoms with Crippen LogP contribution in [0.2, 0.25) is 0 Å². The number of thioether (sulfide) groups is 1. The number of nitrogens with zero attached hydrogens (tertiary/aromatic N) is 1. The molecule has 0 N–H and O–H groups in total. The van der Waals surface area contributed by atoms with Crippen LogP contribution in [0.1, 0.15) is 26.7 Å². The molecule has 0 spiro atoms. The molecule has 0 radical (unpaired) electrons. The fraction of sp³-hybridized carbons (Fsp3) is 0.667. The standard InChI is InChI=1S/C12H17NO3S/c1-3-4-11-13-10-6-5-9(7-15-8(2)14)16-12(10)17-11/h5-6,9-10,12H,3-4,7H2,1-2H3/t9-,10-,12-/m1/s1. The molecule has 0 saturated carbocycles. The highest BCUT2D eigenvalue weighted by atomic mass is 32.2. The maximum absolute atomic E-state index is 10.7. The molecule has 5 heteroatoms. The summed E-state index contributed by atoms with van der Waals surface area (Å²) in [6, 6.07) is 0.134. The minimum atomic E-state index is -0.272. The predicted octanol–water partition coefficient (Wildman–Crippen LogP) is 2.14. The highest BCUT2D eigenvalue weighted by Crippen LogP contribution is 2.34. The Hall–Kier alpha value is -0.810. The Morgan fingerprint density at radius 2 is 2.41 bits per heavy atom. The van der Waals surface area contributed by atoms with E-state index < -0.39 is 0 Å². The van der Waals surface area contributed by atoms with Crippen molar-refractivity contribution in [3.05, 3.63) is 12.2 Å².